The number of hydrogen-bond acceptors (Lipinski definition) is 6. The van der Waals surface area contributed by atoms with Crippen LogP contribution in [-0.2, 0) is 0 Å². The monoisotopic (exact) mass is 377 g/mol. The zero-order chi connectivity index (χ0) is 18.7. The molecule has 26 heavy (non-hydrogen) atoms. The first kappa shape index (κ1) is 18.5. The van der Waals surface area contributed by atoms with Gasteiger partial charge in [0, 0.05) is 37.9 Å². The number of anilines is 2. The first-order valence-electron chi connectivity index (χ1n) is 8.76. The molecule has 1 aliphatic carbocycles. The summed E-state index contributed by atoms with van der Waals surface area (Å²) in [6.07, 6.45) is 3.67. The number of carbonyl (C=O) groups excluding carboxylic acids is 1. The van der Waals surface area contributed by atoms with Gasteiger partial charge in [-0.1, -0.05) is 0 Å². The van der Waals surface area contributed by atoms with Gasteiger partial charge in [0.15, 0.2) is 11.0 Å². The van der Waals surface area contributed by atoms with E-state index in [1.165, 1.54) is 0 Å². The van der Waals surface area contributed by atoms with Crippen molar-refractivity contribution in [1.29, 1.82) is 0 Å². The van der Waals surface area contributed by atoms with Crippen LogP contribution in [0.15, 0.2) is 22.6 Å². The average Bonchev–Trinajstić information content (AvgIpc) is 3.03. The third-order valence-corrected chi connectivity index (χ3v) is 4.69. The molecule has 0 radical (unpaired) electrons. The lowest BCUT2D eigenvalue weighted by molar-refractivity contribution is 0.0898. The third-order valence-electron chi connectivity index (χ3n) is 4.49. The van der Waals surface area contributed by atoms with E-state index in [4.69, 9.17) is 16.0 Å². The minimum absolute atomic E-state index is 0.139. The number of furan rings is 1. The number of hydrogen-bond donors (Lipinski definition) is 2. The maximum absolute atomic E-state index is 12.1. The lowest BCUT2D eigenvalue weighted by Gasteiger charge is -2.29. The van der Waals surface area contributed by atoms with Gasteiger partial charge in [0.25, 0.3) is 5.91 Å². The highest BCUT2D eigenvalue weighted by Crippen LogP contribution is 2.23. The van der Waals surface area contributed by atoms with E-state index >= 15 is 0 Å². The van der Waals surface area contributed by atoms with Crippen LogP contribution in [0.3, 0.4) is 0 Å². The summed E-state index contributed by atoms with van der Waals surface area (Å²) in [5, 5.41) is 6.66. The van der Waals surface area contributed by atoms with Crippen LogP contribution in [0.2, 0.25) is 5.22 Å². The van der Waals surface area contributed by atoms with E-state index in [9.17, 15) is 4.79 Å². The van der Waals surface area contributed by atoms with Crippen LogP contribution in [0.4, 0.5) is 11.8 Å². The number of nitrogens with zero attached hydrogens (tertiary/aromatic N) is 3. The van der Waals surface area contributed by atoms with Crippen molar-refractivity contribution in [3.63, 3.8) is 0 Å². The summed E-state index contributed by atoms with van der Waals surface area (Å²) in [5.74, 6) is 1.58. The van der Waals surface area contributed by atoms with Gasteiger partial charge in [-0.2, -0.15) is 4.98 Å². The van der Waals surface area contributed by atoms with Crippen molar-refractivity contribution in [3.8, 4) is 0 Å². The largest absolute Gasteiger partial charge is 0.440 e. The van der Waals surface area contributed by atoms with Crippen LogP contribution in [0.25, 0.3) is 0 Å². The quantitative estimate of drug-likeness (QED) is 0.832. The zero-order valence-electron chi connectivity index (χ0n) is 15.3. The topological polar surface area (TPSA) is 83.3 Å². The van der Waals surface area contributed by atoms with E-state index in [0.717, 1.165) is 37.2 Å². The molecule has 0 atom stereocenters. The first-order valence-corrected chi connectivity index (χ1v) is 9.14. The SMILES string of the molecule is Cc1cc(N(C)C)nc(NC2CCC(NC(=O)c3ccc(Cl)o3)CC2)n1. The van der Waals surface area contributed by atoms with E-state index in [0.29, 0.717) is 12.0 Å². The average molecular weight is 378 g/mol. The molecule has 0 bridgehead atoms. The molecule has 0 unspecified atom stereocenters. The highest BCUT2D eigenvalue weighted by atomic mass is 35.5. The Morgan fingerprint density at radius 2 is 1.88 bits per heavy atom. The zero-order valence-corrected chi connectivity index (χ0v) is 16.0. The highest BCUT2D eigenvalue weighted by molar-refractivity contribution is 6.29. The molecule has 3 rings (SSSR count). The summed E-state index contributed by atoms with van der Waals surface area (Å²) in [4.78, 5) is 23.1. The van der Waals surface area contributed by atoms with Crippen molar-refractivity contribution in [2.24, 2.45) is 0 Å². The Morgan fingerprint density at radius 1 is 1.19 bits per heavy atom. The molecule has 0 aliphatic heterocycles. The molecule has 2 heterocycles. The Bertz CT molecular complexity index is 769. The van der Waals surface area contributed by atoms with Gasteiger partial charge in [-0.15, -0.1) is 0 Å². The Kier molecular flexibility index (Phi) is 5.66. The smallest absolute Gasteiger partial charge is 0.287 e. The van der Waals surface area contributed by atoms with Crippen LogP contribution in [0.1, 0.15) is 41.9 Å². The van der Waals surface area contributed by atoms with Crippen LogP contribution in [0.5, 0.6) is 0 Å². The molecule has 2 N–H and O–H groups in total. The fraction of sp³-hybridized carbons (Fsp3) is 0.500. The molecule has 0 spiro atoms. The van der Waals surface area contributed by atoms with E-state index in [-0.39, 0.29) is 22.9 Å². The van der Waals surface area contributed by atoms with Crippen LogP contribution < -0.4 is 15.5 Å². The second-order valence-corrected chi connectivity index (χ2v) is 7.23. The van der Waals surface area contributed by atoms with Crippen LogP contribution in [-0.4, -0.2) is 42.1 Å². The Balaban J connectivity index is 1.52. The molecule has 2 aromatic rings. The maximum atomic E-state index is 12.1. The molecule has 1 amide bonds. The fourth-order valence-electron chi connectivity index (χ4n) is 3.10. The molecule has 8 heteroatoms. The normalized spacial score (nSPS) is 19.8. The lowest BCUT2D eigenvalue weighted by atomic mass is 9.91. The fourth-order valence-corrected chi connectivity index (χ4v) is 3.25. The maximum Gasteiger partial charge on any atom is 0.287 e. The Hall–Kier alpha value is -2.28. The molecule has 140 valence electrons. The van der Waals surface area contributed by atoms with Crippen molar-refractivity contribution in [2.45, 2.75) is 44.7 Å². The second kappa shape index (κ2) is 7.95. The molecule has 0 saturated heterocycles. The highest BCUT2D eigenvalue weighted by Gasteiger charge is 2.24. The summed E-state index contributed by atoms with van der Waals surface area (Å²) in [6.45, 7) is 1.97. The molecule has 7 nitrogen and oxygen atoms in total. The number of carbonyl (C=O) groups is 1. The number of halogens is 1. The van der Waals surface area contributed by atoms with E-state index < -0.39 is 0 Å². The Morgan fingerprint density at radius 3 is 2.50 bits per heavy atom. The van der Waals surface area contributed by atoms with Crippen molar-refractivity contribution < 1.29 is 9.21 Å². The van der Waals surface area contributed by atoms with Gasteiger partial charge in [0.2, 0.25) is 5.95 Å². The van der Waals surface area contributed by atoms with Crippen LogP contribution >= 0.6 is 11.6 Å². The molecule has 0 aromatic carbocycles. The van der Waals surface area contributed by atoms with Crippen molar-refractivity contribution in [3.05, 3.63) is 34.9 Å². The molecule has 1 saturated carbocycles. The van der Waals surface area contributed by atoms with Crippen LogP contribution in [0, 0.1) is 6.92 Å². The molecular formula is C18H24ClN5O2. The molecule has 2 aromatic heterocycles. The van der Waals surface area contributed by atoms with E-state index in [1.54, 1.807) is 12.1 Å². The summed E-state index contributed by atoms with van der Waals surface area (Å²) < 4.78 is 5.15. The number of rotatable bonds is 5. The standard InChI is InChI=1S/C18H24ClN5O2/c1-11-10-16(24(2)3)23-18(20-11)22-13-6-4-12(5-7-13)21-17(25)14-8-9-15(19)26-14/h8-10,12-13H,4-7H2,1-3H3,(H,21,25)(H,20,22,23). The number of amides is 1. The predicted octanol–water partition coefficient (Wildman–Crippen LogP) is 3.25. The predicted molar refractivity (Wildman–Crippen MR) is 102 cm³/mol. The van der Waals surface area contributed by atoms with Gasteiger partial charge in [-0.05, 0) is 56.3 Å². The lowest BCUT2D eigenvalue weighted by Crippen LogP contribution is -2.40. The van der Waals surface area contributed by atoms with Gasteiger partial charge in [0.05, 0.1) is 0 Å². The van der Waals surface area contributed by atoms with Gasteiger partial charge >= 0.3 is 0 Å². The number of nitrogens with one attached hydrogen (secondary N) is 2. The Labute approximate surface area is 158 Å². The summed E-state index contributed by atoms with van der Waals surface area (Å²) >= 11 is 5.72. The summed E-state index contributed by atoms with van der Waals surface area (Å²) in [6, 6.07) is 5.56. The number of aryl methyl sites for hydroxylation is 1. The molecule has 1 fully saturated rings. The van der Waals surface area contributed by atoms with Gasteiger partial charge < -0.3 is 20.0 Å². The third kappa shape index (κ3) is 4.66. The second-order valence-electron chi connectivity index (χ2n) is 6.86. The van der Waals surface area contributed by atoms with Crippen molar-refractivity contribution >= 4 is 29.3 Å². The minimum atomic E-state index is -0.217. The van der Waals surface area contributed by atoms with Gasteiger partial charge in [0.1, 0.15) is 5.82 Å². The van der Waals surface area contributed by atoms with Crippen molar-refractivity contribution in [2.75, 3.05) is 24.3 Å². The number of aromatic nitrogens is 2. The first-order chi connectivity index (χ1) is 12.4. The summed E-state index contributed by atoms with van der Waals surface area (Å²) in [5.41, 5.74) is 0.934. The molecular weight excluding hydrogens is 354 g/mol. The van der Waals surface area contributed by atoms with Crippen molar-refractivity contribution in [1.82, 2.24) is 15.3 Å². The molecule has 1 aliphatic rings. The minimum Gasteiger partial charge on any atom is -0.440 e. The summed E-state index contributed by atoms with van der Waals surface area (Å²) in [7, 11) is 3.93. The van der Waals surface area contributed by atoms with Gasteiger partial charge in [-0.3, -0.25) is 4.79 Å². The van der Waals surface area contributed by atoms with Gasteiger partial charge in [-0.25, -0.2) is 4.98 Å². The van der Waals surface area contributed by atoms with E-state index in [1.807, 2.05) is 32.0 Å². The van der Waals surface area contributed by atoms with E-state index in [2.05, 4.69) is 20.6 Å².